The zero-order chi connectivity index (χ0) is 18.3. The van der Waals surface area contributed by atoms with Crippen molar-refractivity contribution in [1.29, 1.82) is 0 Å². The predicted octanol–water partition coefficient (Wildman–Crippen LogP) is 3.75. The second-order valence-electron chi connectivity index (χ2n) is 5.98. The number of halogens is 3. The number of likely N-dealkylation sites (tertiary alicyclic amines) is 1. The lowest BCUT2D eigenvalue weighted by Crippen LogP contribution is -2.56. The van der Waals surface area contributed by atoms with Crippen LogP contribution in [-0.2, 0) is 6.18 Å². The molecule has 8 heteroatoms. The van der Waals surface area contributed by atoms with Crippen molar-refractivity contribution in [3.05, 3.63) is 60.0 Å². The first kappa shape index (κ1) is 16.4. The number of hydrogen-bond acceptors (Lipinski definition) is 4. The number of furan rings is 1. The molecule has 5 nitrogen and oxygen atoms in total. The van der Waals surface area contributed by atoms with E-state index in [4.69, 9.17) is 9.15 Å². The number of para-hydroxylation sites is 1. The van der Waals surface area contributed by atoms with Gasteiger partial charge in [-0.1, -0.05) is 18.2 Å². The van der Waals surface area contributed by atoms with Crippen LogP contribution in [0.4, 0.5) is 13.2 Å². The van der Waals surface area contributed by atoms with Crippen molar-refractivity contribution in [2.75, 3.05) is 13.1 Å². The number of fused-ring (bicyclic) bond motifs is 1. The minimum atomic E-state index is -4.43. The molecule has 0 atom stereocenters. The maximum atomic E-state index is 12.5. The molecular formula is C18H13F3N2O3. The topological polar surface area (TPSA) is 55.6 Å². The van der Waals surface area contributed by atoms with E-state index in [9.17, 15) is 18.0 Å². The summed E-state index contributed by atoms with van der Waals surface area (Å²) in [5, 5.41) is 0.845. The molecule has 0 saturated carbocycles. The average Bonchev–Trinajstić information content (AvgIpc) is 3.01. The highest BCUT2D eigenvalue weighted by Gasteiger charge is 2.35. The molecule has 3 aromatic rings. The number of carbonyl (C=O) groups excluding carboxylic acids is 1. The molecule has 1 fully saturated rings. The Morgan fingerprint density at radius 2 is 1.96 bits per heavy atom. The van der Waals surface area contributed by atoms with Gasteiger partial charge in [0.1, 0.15) is 11.7 Å². The summed E-state index contributed by atoms with van der Waals surface area (Å²) < 4.78 is 48.5. The molecule has 1 amide bonds. The van der Waals surface area contributed by atoms with E-state index in [1.165, 1.54) is 6.07 Å². The summed E-state index contributed by atoms with van der Waals surface area (Å²) in [4.78, 5) is 17.6. The van der Waals surface area contributed by atoms with Crippen LogP contribution in [0.5, 0.6) is 5.88 Å². The van der Waals surface area contributed by atoms with Crippen LogP contribution in [-0.4, -0.2) is 35.0 Å². The fourth-order valence-corrected chi connectivity index (χ4v) is 2.71. The summed E-state index contributed by atoms with van der Waals surface area (Å²) in [6, 6.07) is 11.1. The first-order valence-corrected chi connectivity index (χ1v) is 7.88. The SMILES string of the molecule is O=C(c1cc2ccccc2o1)N1CC(Oc2ccc(C(F)(F)F)cn2)C1. The van der Waals surface area contributed by atoms with Crippen LogP contribution in [0.1, 0.15) is 16.1 Å². The van der Waals surface area contributed by atoms with Gasteiger partial charge < -0.3 is 14.1 Å². The van der Waals surface area contributed by atoms with E-state index in [-0.39, 0.29) is 23.7 Å². The Bertz CT molecular complexity index is 911. The molecule has 1 aliphatic rings. The Balaban J connectivity index is 1.35. The number of alkyl halides is 3. The highest BCUT2D eigenvalue weighted by atomic mass is 19.4. The molecule has 1 saturated heterocycles. The van der Waals surface area contributed by atoms with Gasteiger partial charge in [0.2, 0.25) is 5.88 Å². The van der Waals surface area contributed by atoms with E-state index in [0.29, 0.717) is 18.7 Å². The van der Waals surface area contributed by atoms with Crippen LogP contribution in [0.3, 0.4) is 0 Å². The lowest BCUT2D eigenvalue weighted by Gasteiger charge is -2.38. The second kappa shape index (κ2) is 6.05. The normalized spacial score (nSPS) is 15.1. The number of rotatable bonds is 3. The quantitative estimate of drug-likeness (QED) is 0.712. The molecule has 4 rings (SSSR count). The maximum absolute atomic E-state index is 12.5. The van der Waals surface area contributed by atoms with E-state index in [1.807, 2.05) is 18.2 Å². The standard InChI is InChI=1S/C18H13F3N2O3/c19-18(20,21)12-5-6-16(22-8-12)25-13-9-23(10-13)17(24)15-7-11-3-1-2-4-14(11)26-15/h1-8,13H,9-10H2. The number of nitrogens with zero attached hydrogens (tertiary/aromatic N) is 2. The summed E-state index contributed by atoms with van der Waals surface area (Å²) in [5.41, 5.74) is -0.196. The molecular weight excluding hydrogens is 349 g/mol. The van der Waals surface area contributed by atoms with Crippen molar-refractivity contribution >= 4 is 16.9 Å². The van der Waals surface area contributed by atoms with Crippen molar-refractivity contribution in [3.8, 4) is 5.88 Å². The van der Waals surface area contributed by atoms with Crippen LogP contribution in [0.25, 0.3) is 11.0 Å². The lowest BCUT2D eigenvalue weighted by molar-refractivity contribution is -0.137. The monoisotopic (exact) mass is 362 g/mol. The van der Waals surface area contributed by atoms with Crippen LogP contribution in [0.2, 0.25) is 0 Å². The maximum Gasteiger partial charge on any atom is 0.417 e. The molecule has 0 N–H and O–H groups in total. The second-order valence-corrected chi connectivity index (χ2v) is 5.98. The number of ether oxygens (including phenoxy) is 1. The van der Waals surface area contributed by atoms with Gasteiger partial charge in [0.05, 0.1) is 18.7 Å². The van der Waals surface area contributed by atoms with E-state index in [2.05, 4.69) is 4.98 Å². The summed E-state index contributed by atoms with van der Waals surface area (Å²) in [5.74, 6) is 0.0950. The van der Waals surface area contributed by atoms with Crippen molar-refractivity contribution in [3.63, 3.8) is 0 Å². The molecule has 1 aromatic carbocycles. The molecule has 0 radical (unpaired) electrons. The Morgan fingerprint density at radius 1 is 1.19 bits per heavy atom. The molecule has 0 unspecified atom stereocenters. The van der Waals surface area contributed by atoms with Gasteiger partial charge in [0.15, 0.2) is 5.76 Å². The summed E-state index contributed by atoms with van der Waals surface area (Å²) in [6.45, 7) is 0.636. The van der Waals surface area contributed by atoms with Gasteiger partial charge >= 0.3 is 6.18 Å². The zero-order valence-electron chi connectivity index (χ0n) is 13.4. The molecule has 2 aromatic heterocycles. The van der Waals surface area contributed by atoms with E-state index in [1.54, 1.807) is 17.0 Å². The number of carbonyl (C=O) groups is 1. The molecule has 0 spiro atoms. The zero-order valence-corrected chi connectivity index (χ0v) is 13.4. The Morgan fingerprint density at radius 3 is 2.62 bits per heavy atom. The molecule has 3 heterocycles. The number of pyridine rings is 1. The van der Waals surface area contributed by atoms with Gasteiger partial charge in [-0.15, -0.1) is 0 Å². The predicted molar refractivity (Wildman–Crippen MR) is 85.8 cm³/mol. The minimum Gasteiger partial charge on any atom is -0.471 e. The van der Waals surface area contributed by atoms with Crippen molar-refractivity contribution < 1.29 is 27.1 Å². The number of hydrogen-bond donors (Lipinski definition) is 0. The van der Waals surface area contributed by atoms with Gasteiger partial charge in [-0.2, -0.15) is 13.2 Å². The van der Waals surface area contributed by atoms with Gasteiger partial charge in [0.25, 0.3) is 5.91 Å². The lowest BCUT2D eigenvalue weighted by atomic mass is 10.1. The third-order valence-electron chi connectivity index (χ3n) is 4.12. The summed E-state index contributed by atoms with van der Waals surface area (Å²) in [6.07, 6.45) is -4.02. The Hall–Kier alpha value is -3.03. The third kappa shape index (κ3) is 3.10. The average molecular weight is 362 g/mol. The summed E-state index contributed by atoms with van der Waals surface area (Å²) in [7, 11) is 0. The van der Waals surface area contributed by atoms with Gasteiger partial charge in [-0.25, -0.2) is 4.98 Å². The van der Waals surface area contributed by atoms with Crippen molar-refractivity contribution in [2.45, 2.75) is 12.3 Å². The van der Waals surface area contributed by atoms with Gasteiger partial charge in [0, 0.05) is 17.6 Å². The third-order valence-corrected chi connectivity index (χ3v) is 4.12. The fraction of sp³-hybridized carbons (Fsp3) is 0.222. The molecule has 1 aliphatic heterocycles. The van der Waals surface area contributed by atoms with Crippen LogP contribution in [0.15, 0.2) is 53.1 Å². The number of benzene rings is 1. The summed E-state index contributed by atoms with van der Waals surface area (Å²) >= 11 is 0. The molecule has 0 bridgehead atoms. The van der Waals surface area contributed by atoms with Gasteiger partial charge in [-0.05, 0) is 18.2 Å². The highest BCUT2D eigenvalue weighted by molar-refractivity contribution is 5.96. The van der Waals surface area contributed by atoms with Crippen LogP contribution < -0.4 is 4.74 Å². The Kier molecular flexibility index (Phi) is 3.82. The van der Waals surface area contributed by atoms with E-state index < -0.39 is 11.7 Å². The van der Waals surface area contributed by atoms with Gasteiger partial charge in [-0.3, -0.25) is 4.79 Å². The fourth-order valence-electron chi connectivity index (χ4n) is 2.71. The Labute approximate surface area is 146 Å². The van der Waals surface area contributed by atoms with Crippen LogP contribution >= 0.6 is 0 Å². The van der Waals surface area contributed by atoms with Crippen LogP contribution in [0, 0.1) is 0 Å². The smallest absolute Gasteiger partial charge is 0.417 e. The number of amides is 1. The molecule has 0 aliphatic carbocycles. The largest absolute Gasteiger partial charge is 0.471 e. The highest BCUT2D eigenvalue weighted by Crippen LogP contribution is 2.29. The molecule has 26 heavy (non-hydrogen) atoms. The van der Waals surface area contributed by atoms with Crippen molar-refractivity contribution in [2.24, 2.45) is 0 Å². The molecule has 134 valence electrons. The first-order chi connectivity index (χ1) is 12.4. The van der Waals surface area contributed by atoms with Crippen molar-refractivity contribution in [1.82, 2.24) is 9.88 Å². The minimum absolute atomic E-state index is 0.0961. The number of aromatic nitrogens is 1. The van der Waals surface area contributed by atoms with E-state index in [0.717, 1.165) is 17.6 Å². The van der Waals surface area contributed by atoms with E-state index >= 15 is 0 Å². The first-order valence-electron chi connectivity index (χ1n) is 7.88.